The summed E-state index contributed by atoms with van der Waals surface area (Å²) in [5.74, 6) is -0.177. The first-order valence-electron chi connectivity index (χ1n) is 6.99. The van der Waals surface area contributed by atoms with Crippen LogP contribution >= 0.6 is 0 Å². The molecule has 0 saturated carbocycles. The summed E-state index contributed by atoms with van der Waals surface area (Å²) in [6, 6.07) is 6.22. The summed E-state index contributed by atoms with van der Waals surface area (Å²) in [4.78, 5) is 24.6. The first kappa shape index (κ1) is 16.1. The van der Waals surface area contributed by atoms with Crippen molar-refractivity contribution < 1.29 is 28.9 Å². The van der Waals surface area contributed by atoms with E-state index in [0.717, 1.165) is 0 Å². The molecule has 0 spiro atoms. The lowest BCUT2D eigenvalue weighted by Crippen LogP contribution is -2.52. The van der Waals surface area contributed by atoms with Gasteiger partial charge in [-0.25, -0.2) is 4.79 Å². The van der Waals surface area contributed by atoms with Gasteiger partial charge in [0.05, 0.1) is 33.4 Å². The van der Waals surface area contributed by atoms with Gasteiger partial charge in [-0.15, -0.1) is 0 Å². The van der Waals surface area contributed by atoms with Crippen LogP contribution in [0.4, 0.5) is 0 Å². The van der Waals surface area contributed by atoms with E-state index in [9.17, 15) is 9.59 Å². The molecule has 1 aliphatic heterocycles. The molecular formula is C15H19NO6. The molecule has 0 unspecified atom stereocenters. The number of hydrogen-bond acceptors (Lipinski definition) is 5. The molecule has 1 amide bonds. The average molecular weight is 309 g/mol. The van der Waals surface area contributed by atoms with Crippen LogP contribution < -0.4 is 9.47 Å². The highest BCUT2D eigenvalue weighted by atomic mass is 16.5. The third kappa shape index (κ3) is 3.88. The maximum atomic E-state index is 12.2. The van der Waals surface area contributed by atoms with Gasteiger partial charge in [-0.2, -0.15) is 0 Å². The van der Waals surface area contributed by atoms with Crippen LogP contribution in [0.15, 0.2) is 24.3 Å². The minimum absolute atomic E-state index is 0.0223. The van der Waals surface area contributed by atoms with Crippen LogP contribution in [0.3, 0.4) is 0 Å². The van der Waals surface area contributed by atoms with Gasteiger partial charge >= 0.3 is 5.97 Å². The molecule has 7 heteroatoms. The van der Waals surface area contributed by atoms with Gasteiger partial charge in [-0.1, -0.05) is 12.1 Å². The number of nitrogens with zero attached hydrogens (tertiary/aromatic N) is 1. The molecule has 0 aromatic heterocycles. The first-order valence-corrected chi connectivity index (χ1v) is 6.99. The Balaban J connectivity index is 1.88. The van der Waals surface area contributed by atoms with Gasteiger partial charge in [0.25, 0.3) is 0 Å². The highest BCUT2D eigenvalue weighted by molar-refractivity contribution is 5.84. The fourth-order valence-corrected chi connectivity index (χ4v) is 2.24. The van der Waals surface area contributed by atoms with E-state index in [-0.39, 0.29) is 32.1 Å². The quantitative estimate of drug-likeness (QED) is 0.835. The molecule has 1 saturated heterocycles. The van der Waals surface area contributed by atoms with Gasteiger partial charge in [-0.05, 0) is 12.1 Å². The Morgan fingerprint density at radius 2 is 2.09 bits per heavy atom. The predicted octanol–water partition coefficient (Wildman–Crippen LogP) is 0.776. The normalized spacial score (nSPS) is 17.9. The topological polar surface area (TPSA) is 85.3 Å². The zero-order valence-electron chi connectivity index (χ0n) is 12.4. The van der Waals surface area contributed by atoms with Crippen molar-refractivity contribution in [2.24, 2.45) is 0 Å². The molecule has 1 fully saturated rings. The first-order chi connectivity index (χ1) is 10.6. The molecule has 0 aliphatic carbocycles. The average Bonchev–Trinajstić information content (AvgIpc) is 2.55. The van der Waals surface area contributed by atoms with Crippen molar-refractivity contribution in [3.63, 3.8) is 0 Å². The molecule has 1 aromatic carbocycles. The number of methoxy groups -OCH3 is 1. The summed E-state index contributed by atoms with van der Waals surface area (Å²) in [5, 5.41) is 9.11. The highest BCUT2D eigenvalue weighted by Crippen LogP contribution is 2.25. The maximum Gasteiger partial charge on any atom is 0.328 e. The Bertz CT molecular complexity index is 533. The standard InChI is InChI=1S/C15H19NO6/c1-20-12-4-2-3-5-13(12)22-8-6-14(17)16-7-9-21-10-11(16)15(18)19/h2-5,11H,6-10H2,1H3,(H,18,19)/t11-/m1/s1. The molecule has 1 heterocycles. The second-order valence-corrected chi connectivity index (χ2v) is 4.77. The van der Waals surface area contributed by atoms with Crippen molar-refractivity contribution in [3.8, 4) is 11.5 Å². The van der Waals surface area contributed by atoms with E-state index < -0.39 is 12.0 Å². The van der Waals surface area contributed by atoms with Crippen molar-refractivity contribution in [1.29, 1.82) is 0 Å². The number of carboxylic acid groups (broad SMARTS) is 1. The smallest absolute Gasteiger partial charge is 0.328 e. The minimum Gasteiger partial charge on any atom is -0.493 e. The summed E-state index contributed by atoms with van der Waals surface area (Å²) in [5.41, 5.74) is 0. The van der Waals surface area contributed by atoms with Crippen molar-refractivity contribution in [2.45, 2.75) is 12.5 Å². The number of ether oxygens (including phenoxy) is 3. The van der Waals surface area contributed by atoms with Crippen molar-refractivity contribution >= 4 is 11.9 Å². The number of hydrogen-bond donors (Lipinski definition) is 1. The van der Waals surface area contributed by atoms with E-state index in [4.69, 9.17) is 19.3 Å². The lowest BCUT2D eigenvalue weighted by molar-refractivity contribution is -0.158. The molecule has 1 aliphatic rings. The van der Waals surface area contributed by atoms with Crippen LogP contribution in [0.25, 0.3) is 0 Å². The number of para-hydroxylation sites is 2. The van der Waals surface area contributed by atoms with Gasteiger partial charge in [0, 0.05) is 6.54 Å². The largest absolute Gasteiger partial charge is 0.493 e. The molecular weight excluding hydrogens is 290 g/mol. The molecule has 22 heavy (non-hydrogen) atoms. The van der Waals surface area contributed by atoms with Gasteiger partial charge in [0.2, 0.25) is 5.91 Å². The van der Waals surface area contributed by atoms with Gasteiger partial charge in [0.1, 0.15) is 0 Å². The van der Waals surface area contributed by atoms with Crippen molar-refractivity contribution in [1.82, 2.24) is 4.90 Å². The molecule has 1 N–H and O–H groups in total. The summed E-state index contributed by atoms with van der Waals surface area (Å²) < 4.78 is 15.8. The number of carbonyl (C=O) groups excluding carboxylic acids is 1. The second kappa shape index (κ2) is 7.65. The van der Waals surface area contributed by atoms with Gasteiger partial charge in [-0.3, -0.25) is 4.79 Å². The monoisotopic (exact) mass is 309 g/mol. The Hall–Kier alpha value is -2.28. The summed E-state index contributed by atoms with van der Waals surface area (Å²) in [6.07, 6.45) is 0.0990. The Kier molecular flexibility index (Phi) is 5.60. The Morgan fingerprint density at radius 1 is 1.36 bits per heavy atom. The second-order valence-electron chi connectivity index (χ2n) is 4.77. The molecule has 1 atom stereocenters. The zero-order chi connectivity index (χ0) is 15.9. The third-order valence-electron chi connectivity index (χ3n) is 3.38. The van der Waals surface area contributed by atoms with Crippen LogP contribution in [0, 0.1) is 0 Å². The molecule has 0 radical (unpaired) electrons. The lowest BCUT2D eigenvalue weighted by atomic mass is 10.2. The summed E-state index contributed by atoms with van der Waals surface area (Å²) >= 11 is 0. The number of benzene rings is 1. The number of morpholine rings is 1. The minimum atomic E-state index is -1.06. The van der Waals surface area contributed by atoms with E-state index in [0.29, 0.717) is 18.1 Å². The maximum absolute atomic E-state index is 12.2. The van der Waals surface area contributed by atoms with Crippen molar-refractivity contribution in [3.05, 3.63) is 24.3 Å². The zero-order valence-corrected chi connectivity index (χ0v) is 12.4. The van der Waals surface area contributed by atoms with E-state index in [1.165, 1.54) is 4.90 Å². The molecule has 120 valence electrons. The van der Waals surface area contributed by atoms with Crippen LogP contribution in [0.1, 0.15) is 6.42 Å². The Morgan fingerprint density at radius 3 is 2.77 bits per heavy atom. The predicted molar refractivity (Wildman–Crippen MR) is 77.1 cm³/mol. The van der Waals surface area contributed by atoms with E-state index in [1.807, 2.05) is 12.1 Å². The number of carbonyl (C=O) groups is 2. The number of carboxylic acids is 1. The fourth-order valence-electron chi connectivity index (χ4n) is 2.24. The van der Waals surface area contributed by atoms with Crippen LogP contribution in [0.5, 0.6) is 11.5 Å². The number of aliphatic carboxylic acids is 1. The van der Waals surface area contributed by atoms with E-state index in [2.05, 4.69) is 0 Å². The third-order valence-corrected chi connectivity index (χ3v) is 3.38. The lowest BCUT2D eigenvalue weighted by Gasteiger charge is -2.32. The Labute approximate surface area is 128 Å². The molecule has 2 rings (SSSR count). The van der Waals surface area contributed by atoms with Crippen molar-refractivity contribution in [2.75, 3.05) is 33.5 Å². The molecule has 7 nitrogen and oxygen atoms in total. The van der Waals surface area contributed by atoms with E-state index in [1.54, 1.807) is 19.2 Å². The van der Waals surface area contributed by atoms with Gasteiger partial charge < -0.3 is 24.2 Å². The highest BCUT2D eigenvalue weighted by Gasteiger charge is 2.32. The van der Waals surface area contributed by atoms with Gasteiger partial charge in [0.15, 0.2) is 17.5 Å². The molecule has 1 aromatic rings. The summed E-state index contributed by atoms with van der Waals surface area (Å²) in [7, 11) is 1.54. The summed E-state index contributed by atoms with van der Waals surface area (Å²) in [6.45, 7) is 0.810. The fraction of sp³-hybridized carbons (Fsp3) is 0.467. The molecule has 0 bridgehead atoms. The van der Waals surface area contributed by atoms with Crippen LogP contribution in [-0.4, -0.2) is 61.4 Å². The van der Waals surface area contributed by atoms with Crippen LogP contribution in [0.2, 0.25) is 0 Å². The number of rotatable bonds is 6. The van der Waals surface area contributed by atoms with Crippen LogP contribution in [-0.2, 0) is 14.3 Å². The SMILES string of the molecule is COc1ccccc1OCCC(=O)N1CCOC[C@@H]1C(=O)O. The van der Waals surface area contributed by atoms with E-state index >= 15 is 0 Å². The number of amides is 1.